The van der Waals surface area contributed by atoms with Gasteiger partial charge in [-0.15, -0.1) is 14.5 Å². The first kappa shape index (κ1) is 32.9. The van der Waals surface area contributed by atoms with Crippen LogP contribution in [0.15, 0.2) is 24.8 Å². The molecule has 0 N–H and O–H groups in total. The average molecular weight is 391 g/mol. The van der Waals surface area contributed by atoms with Crippen molar-refractivity contribution in [3.63, 3.8) is 0 Å². The zero-order chi connectivity index (χ0) is 20.9. The van der Waals surface area contributed by atoms with Crippen LogP contribution in [0.3, 0.4) is 0 Å². The maximum absolute atomic E-state index is 3.53. The predicted molar refractivity (Wildman–Crippen MR) is 131 cm³/mol. The molecule has 25 heavy (non-hydrogen) atoms. The summed E-state index contributed by atoms with van der Waals surface area (Å²) >= 11 is 3.53. The van der Waals surface area contributed by atoms with Gasteiger partial charge in [-0.05, 0) is 68.7 Å². The first-order chi connectivity index (χ1) is 11.5. The Morgan fingerprint density at radius 3 is 1.56 bits per heavy atom. The number of rotatable bonds is 4. The lowest BCUT2D eigenvalue weighted by Gasteiger charge is -2.44. The van der Waals surface area contributed by atoms with E-state index >= 15 is 0 Å². The monoisotopic (exact) mass is 390 g/mol. The lowest BCUT2D eigenvalue weighted by molar-refractivity contribution is 0.366. The lowest BCUT2D eigenvalue weighted by atomic mass is 9.89. The Bertz CT molecular complexity index is 252. The molecule has 1 fully saturated rings. The van der Waals surface area contributed by atoms with Gasteiger partial charge in [-0.25, -0.2) is 0 Å². The van der Waals surface area contributed by atoms with Crippen LogP contribution in [-0.2, 0) is 0 Å². The Kier molecular flexibility index (Phi) is 31.9. The highest BCUT2D eigenvalue weighted by atomic mass is 32.1. The second kappa shape index (κ2) is 24.3. The molecule has 0 radical (unpaired) electrons. The van der Waals surface area contributed by atoms with E-state index in [4.69, 9.17) is 0 Å². The molecule has 1 aliphatic rings. The molecule has 154 valence electrons. The van der Waals surface area contributed by atoms with Crippen molar-refractivity contribution in [1.82, 2.24) is 0 Å². The van der Waals surface area contributed by atoms with Crippen molar-refractivity contribution in [1.29, 1.82) is 0 Å². The summed E-state index contributed by atoms with van der Waals surface area (Å²) in [4.78, 5) is 0. The van der Waals surface area contributed by atoms with Gasteiger partial charge < -0.3 is 0 Å². The van der Waals surface area contributed by atoms with E-state index in [1.807, 2.05) is 6.08 Å². The van der Waals surface area contributed by atoms with Crippen LogP contribution in [0.1, 0.15) is 81.6 Å². The van der Waals surface area contributed by atoms with Gasteiger partial charge in [0.25, 0.3) is 0 Å². The number of hydrogen-bond acceptors (Lipinski definition) is 1. The van der Waals surface area contributed by atoms with Crippen molar-refractivity contribution in [3.05, 3.63) is 24.8 Å². The molecule has 1 rings (SSSR count). The third kappa shape index (κ3) is 40.4. The number of allylic oxidation sites excluding steroid dienone is 3. The molecule has 1 aliphatic heterocycles. The van der Waals surface area contributed by atoms with Gasteiger partial charge in [0.1, 0.15) is 0 Å². The second-order valence-electron chi connectivity index (χ2n) is 8.25. The van der Waals surface area contributed by atoms with Gasteiger partial charge in [0, 0.05) is 0 Å². The fourth-order valence-electron chi connectivity index (χ4n) is 2.01. The third-order valence-corrected chi connectivity index (χ3v) is 5.35. The molecule has 0 aromatic heterocycles. The molecule has 1 saturated heterocycles. The third-order valence-electron chi connectivity index (χ3n) is 2.74. The second-order valence-corrected chi connectivity index (χ2v) is 10.6. The van der Waals surface area contributed by atoms with Gasteiger partial charge in [-0.1, -0.05) is 73.6 Å². The molecule has 0 aliphatic carbocycles. The molecule has 0 bridgehead atoms. The van der Waals surface area contributed by atoms with Gasteiger partial charge in [0.05, 0.1) is 0 Å². The molecule has 0 nitrogen and oxygen atoms in total. The van der Waals surface area contributed by atoms with Crippen LogP contribution < -0.4 is 0 Å². The van der Waals surface area contributed by atoms with Gasteiger partial charge in [0.2, 0.25) is 0 Å². The van der Waals surface area contributed by atoms with Crippen LogP contribution in [-0.4, -0.2) is 25.2 Å². The van der Waals surface area contributed by atoms with E-state index in [2.05, 4.69) is 100 Å². The predicted octanol–water partition coefficient (Wildman–Crippen LogP) is 8.93. The largest absolute Gasteiger partial charge is 0.183 e. The zero-order valence-electron chi connectivity index (χ0n) is 19.5. The molecule has 0 aromatic rings. The highest BCUT2D eigenvalue weighted by Gasteiger charge is 2.36. The molecule has 0 atom stereocenters. The standard InChI is InChI=1S/C10H19P.2C4H10.C4H8.CH4S/c1-4-5-6-7-10(2)8-11(3)9-10;2*1-4(2)3;1-3-4-2;1-2/h4-5H,6-9H2,1-3H3;2*4H,1-3H3;3H,1,4H2,2H3;2H,1H3/b5-4+;;;;. The van der Waals surface area contributed by atoms with Crippen LogP contribution in [0.2, 0.25) is 0 Å². The Morgan fingerprint density at radius 1 is 1.04 bits per heavy atom. The Labute approximate surface area is 169 Å². The highest BCUT2D eigenvalue weighted by molar-refractivity contribution is 7.79. The van der Waals surface area contributed by atoms with Gasteiger partial charge in [-0.3, -0.25) is 0 Å². The number of thiol groups is 1. The van der Waals surface area contributed by atoms with E-state index in [0.717, 1.165) is 23.7 Å². The summed E-state index contributed by atoms with van der Waals surface area (Å²) in [5.41, 5.74) is 0.722. The zero-order valence-corrected chi connectivity index (χ0v) is 21.3. The first-order valence-corrected chi connectivity index (χ1v) is 12.9. The topological polar surface area (TPSA) is 0 Å². The fourth-order valence-corrected chi connectivity index (χ4v) is 4.84. The van der Waals surface area contributed by atoms with Crippen molar-refractivity contribution in [2.24, 2.45) is 17.3 Å². The highest BCUT2D eigenvalue weighted by Crippen LogP contribution is 2.55. The molecular formula is C23H51PS. The van der Waals surface area contributed by atoms with Crippen molar-refractivity contribution in [2.75, 3.05) is 25.2 Å². The van der Waals surface area contributed by atoms with Crippen molar-refractivity contribution in [3.8, 4) is 0 Å². The average Bonchev–Trinajstić information content (AvgIpc) is 2.47. The summed E-state index contributed by atoms with van der Waals surface area (Å²) in [5.74, 6) is 1.67. The van der Waals surface area contributed by atoms with Gasteiger partial charge >= 0.3 is 0 Å². The van der Waals surface area contributed by atoms with E-state index < -0.39 is 0 Å². The van der Waals surface area contributed by atoms with Gasteiger partial charge in [-0.2, -0.15) is 12.6 Å². The van der Waals surface area contributed by atoms with Crippen LogP contribution in [0, 0.1) is 17.3 Å². The minimum atomic E-state index is 0.449. The van der Waals surface area contributed by atoms with Crippen molar-refractivity contribution >= 4 is 20.6 Å². The van der Waals surface area contributed by atoms with E-state index in [1.165, 1.54) is 25.2 Å². The van der Waals surface area contributed by atoms with E-state index in [1.54, 1.807) is 6.26 Å². The molecular weight excluding hydrogens is 339 g/mol. The van der Waals surface area contributed by atoms with E-state index in [0.29, 0.717) is 7.92 Å². The summed E-state index contributed by atoms with van der Waals surface area (Å²) < 4.78 is 0. The summed E-state index contributed by atoms with van der Waals surface area (Å²) in [6.07, 6.45) is 14.8. The smallest absolute Gasteiger partial charge is 0.0215 e. The molecule has 1 heterocycles. The fraction of sp³-hybridized carbons (Fsp3) is 0.826. The first-order valence-electron chi connectivity index (χ1n) is 9.89. The maximum atomic E-state index is 3.53. The minimum Gasteiger partial charge on any atom is -0.183 e. The Morgan fingerprint density at radius 2 is 1.36 bits per heavy atom. The van der Waals surface area contributed by atoms with Crippen LogP contribution >= 0.6 is 20.6 Å². The molecule has 0 unspecified atom stereocenters. The van der Waals surface area contributed by atoms with Crippen LogP contribution in [0.4, 0.5) is 0 Å². The summed E-state index contributed by atoms with van der Waals surface area (Å²) in [6, 6.07) is 0. The molecule has 0 amide bonds. The summed E-state index contributed by atoms with van der Waals surface area (Å²) in [6.45, 7) is 25.5. The molecule has 0 aromatic carbocycles. The Balaban J connectivity index is -0.000000132. The summed E-state index contributed by atoms with van der Waals surface area (Å²) in [5, 5.41) is 0. The van der Waals surface area contributed by atoms with E-state index in [-0.39, 0.29) is 0 Å². The lowest BCUT2D eigenvalue weighted by Crippen LogP contribution is -2.33. The maximum Gasteiger partial charge on any atom is -0.0215 e. The number of hydrogen-bond donors (Lipinski definition) is 1. The quantitative estimate of drug-likeness (QED) is 0.276. The van der Waals surface area contributed by atoms with Crippen LogP contribution in [0.5, 0.6) is 0 Å². The van der Waals surface area contributed by atoms with Crippen LogP contribution in [0.25, 0.3) is 0 Å². The summed E-state index contributed by atoms with van der Waals surface area (Å²) in [7, 11) is 0.449. The van der Waals surface area contributed by atoms with E-state index in [9.17, 15) is 0 Å². The van der Waals surface area contributed by atoms with Crippen molar-refractivity contribution in [2.45, 2.75) is 81.6 Å². The molecule has 2 heteroatoms. The minimum absolute atomic E-state index is 0.449. The SMILES string of the molecule is C/C=C/CCC1(C)CP(C)C1.C=CCC.CC(C)C.CC(C)C.CS. The van der Waals surface area contributed by atoms with Crippen molar-refractivity contribution < 1.29 is 0 Å². The molecule has 0 saturated carbocycles. The normalized spacial score (nSPS) is 20.6. The Hall–Kier alpha value is 0.260. The molecule has 0 spiro atoms. The van der Waals surface area contributed by atoms with Gasteiger partial charge in [0.15, 0.2) is 0 Å².